The van der Waals surface area contributed by atoms with Crippen LogP contribution in [0.5, 0.6) is 0 Å². The molecule has 0 unspecified atom stereocenters. The summed E-state index contributed by atoms with van der Waals surface area (Å²) in [4.78, 5) is 0.286. The minimum atomic E-state index is -3.49. The van der Waals surface area contributed by atoms with Gasteiger partial charge < -0.3 is 5.32 Å². The van der Waals surface area contributed by atoms with Crippen molar-refractivity contribution in [2.75, 3.05) is 13.6 Å². The third-order valence-electron chi connectivity index (χ3n) is 3.92. The van der Waals surface area contributed by atoms with Gasteiger partial charge in [0.1, 0.15) is 4.90 Å². The molecule has 0 bridgehead atoms. The van der Waals surface area contributed by atoms with Gasteiger partial charge in [0.2, 0.25) is 10.0 Å². The van der Waals surface area contributed by atoms with Crippen LogP contribution in [0.15, 0.2) is 4.90 Å². The molecule has 19 heavy (non-hydrogen) atoms. The van der Waals surface area contributed by atoms with E-state index in [1.165, 1.54) is 0 Å². The van der Waals surface area contributed by atoms with Crippen LogP contribution in [0.25, 0.3) is 0 Å². The summed E-state index contributed by atoms with van der Waals surface area (Å²) in [5, 5.41) is 9.72. The Morgan fingerprint density at radius 3 is 2.63 bits per heavy atom. The first-order chi connectivity index (χ1) is 8.94. The Kier molecular flexibility index (Phi) is 3.98. The molecule has 3 N–H and O–H groups in total. The number of hydrogen-bond acceptors (Lipinski definition) is 4. The summed E-state index contributed by atoms with van der Waals surface area (Å²) >= 11 is 0. The molecule has 1 aliphatic carbocycles. The molecule has 1 aromatic heterocycles. The van der Waals surface area contributed by atoms with Gasteiger partial charge in [0.15, 0.2) is 0 Å². The maximum Gasteiger partial charge on any atom is 0.244 e. The highest BCUT2D eigenvalue weighted by atomic mass is 32.2. The first-order valence-electron chi connectivity index (χ1n) is 6.62. The van der Waals surface area contributed by atoms with Crippen LogP contribution in [-0.2, 0) is 16.6 Å². The highest BCUT2D eigenvalue weighted by Gasteiger charge is 2.41. The van der Waals surface area contributed by atoms with Crippen molar-refractivity contribution in [3.8, 4) is 0 Å². The molecule has 0 aromatic carbocycles. The molecule has 7 heteroatoms. The number of aromatic nitrogens is 2. The Balaban J connectivity index is 2.17. The minimum absolute atomic E-state index is 0.188. The summed E-state index contributed by atoms with van der Waals surface area (Å²) in [6.45, 7) is 4.79. The van der Waals surface area contributed by atoms with Gasteiger partial charge in [0.05, 0.1) is 11.4 Å². The number of H-pyrrole nitrogens is 1. The Labute approximate surface area is 114 Å². The van der Waals surface area contributed by atoms with E-state index in [-0.39, 0.29) is 10.3 Å². The fraction of sp³-hybridized carbons (Fsp3) is 0.750. The summed E-state index contributed by atoms with van der Waals surface area (Å²) in [5.41, 5.74) is 1.31. The third kappa shape index (κ3) is 2.98. The van der Waals surface area contributed by atoms with Gasteiger partial charge in [0.25, 0.3) is 0 Å². The number of aromatic amines is 1. The van der Waals surface area contributed by atoms with E-state index < -0.39 is 10.0 Å². The second-order valence-electron chi connectivity index (χ2n) is 5.33. The van der Waals surface area contributed by atoms with E-state index in [1.807, 2.05) is 0 Å². The maximum absolute atomic E-state index is 12.4. The van der Waals surface area contributed by atoms with E-state index in [2.05, 4.69) is 27.2 Å². The lowest BCUT2D eigenvalue weighted by Crippen LogP contribution is -2.31. The first kappa shape index (κ1) is 14.5. The zero-order chi connectivity index (χ0) is 14.1. The molecule has 108 valence electrons. The van der Waals surface area contributed by atoms with Crippen LogP contribution in [0.4, 0.5) is 0 Å². The standard InChI is InChI=1S/C12H22N4O2S/c1-4-12(5-6-12)8-14-19(17,18)11-9(2)15-16-10(11)7-13-3/h13-14H,4-8H2,1-3H3,(H,15,16). The predicted octanol–water partition coefficient (Wildman–Crippen LogP) is 0.906. The van der Waals surface area contributed by atoms with Gasteiger partial charge in [0, 0.05) is 13.1 Å². The number of sulfonamides is 1. The molecular weight excluding hydrogens is 264 g/mol. The van der Waals surface area contributed by atoms with E-state index in [4.69, 9.17) is 0 Å². The largest absolute Gasteiger partial charge is 0.314 e. The van der Waals surface area contributed by atoms with E-state index in [0.29, 0.717) is 24.5 Å². The predicted molar refractivity (Wildman–Crippen MR) is 73.2 cm³/mol. The fourth-order valence-electron chi connectivity index (χ4n) is 2.27. The Hall–Kier alpha value is -0.920. The van der Waals surface area contributed by atoms with Crippen LogP contribution in [0, 0.1) is 12.3 Å². The Morgan fingerprint density at radius 1 is 1.42 bits per heavy atom. The topological polar surface area (TPSA) is 86.9 Å². The van der Waals surface area contributed by atoms with Gasteiger partial charge >= 0.3 is 0 Å². The molecule has 2 rings (SSSR count). The monoisotopic (exact) mass is 286 g/mol. The van der Waals surface area contributed by atoms with Gasteiger partial charge in [-0.1, -0.05) is 6.92 Å². The molecule has 1 heterocycles. The van der Waals surface area contributed by atoms with Crippen molar-refractivity contribution in [3.05, 3.63) is 11.4 Å². The molecule has 1 fully saturated rings. The lowest BCUT2D eigenvalue weighted by molar-refractivity contribution is 0.475. The molecule has 1 aliphatic rings. The van der Waals surface area contributed by atoms with Crippen molar-refractivity contribution < 1.29 is 8.42 Å². The van der Waals surface area contributed by atoms with Crippen LogP contribution in [0.1, 0.15) is 37.6 Å². The lowest BCUT2D eigenvalue weighted by Gasteiger charge is -2.14. The number of nitrogens with one attached hydrogen (secondary N) is 3. The van der Waals surface area contributed by atoms with E-state index >= 15 is 0 Å². The molecule has 6 nitrogen and oxygen atoms in total. The first-order valence-corrected chi connectivity index (χ1v) is 8.10. The van der Waals surface area contributed by atoms with Gasteiger partial charge in [-0.15, -0.1) is 0 Å². The Morgan fingerprint density at radius 2 is 2.11 bits per heavy atom. The summed E-state index contributed by atoms with van der Waals surface area (Å²) in [6, 6.07) is 0. The molecule has 0 saturated heterocycles. The SMILES string of the molecule is CCC1(CNS(=O)(=O)c2c(CNC)n[nH]c2C)CC1. The van der Waals surface area contributed by atoms with Crippen molar-refractivity contribution in [2.24, 2.45) is 5.41 Å². The number of hydrogen-bond donors (Lipinski definition) is 3. The number of rotatable bonds is 7. The maximum atomic E-state index is 12.4. The molecule has 1 aromatic rings. The average molecular weight is 286 g/mol. The summed E-state index contributed by atoms with van der Waals surface area (Å²) in [6.07, 6.45) is 3.24. The zero-order valence-electron chi connectivity index (χ0n) is 11.7. The van der Waals surface area contributed by atoms with E-state index in [0.717, 1.165) is 19.3 Å². The molecule has 0 aliphatic heterocycles. The lowest BCUT2D eigenvalue weighted by atomic mass is 10.1. The van der Waals surface area contributed by atoms with Gasteiger partial charge in [-0.05, 0) is 38.6 Å². The van der Waals surface area contributed by atoms with Crippen molar-refractivity contribution in [3.63, 3.8) is 0 Å². The quantitative estimate of drug-likeness (QED) is 0.695. The highest BCUT2D eigenvalue weighted by Crippen LogP contribution is 2.48. The summed E-state index contributed by atoms with van der Waals surface area (Å²) in [7, 11) is -1.72. The van der Waals surface area contributed by atoms with E-state index in [1.54, 1.807) is 14.0 Å². The van der Waals surface area contributed by atoms with Gasteiger partial charge in [-0.2, -0.15) is 5.10 Å². The second kappa shape index (κ2) is 5.22. The van der Waals surface area contributed by atoms with E-state index in [9.17, 15) is 8.42 Å². The normalized spacial score (nSPS) is 17.6. The molecule has 0 spiro atoms. The average Bonchev–Trinajstić information content (AvgIpc) is 3.06. The number of aryl methyl sites for hydroxylation is 1. The molecule has 0 atom stereocenters. The van der Waals surface area contributed by atoms with Crippen molar-refractivity contribution >= 4 is 10.0 Å². The van der Waals surface area contributed by atoms with Crippen LogP contribution in [-0.4, -0.2) is 32.2 Å². The fourth-order valence-corrected chi connectivity index (χ4v) is 3.78. The van der Waals surface area contributed by atoms with Crippen LogP contribution in [0.3, 0.4) is 0 Å². The summed E-state index contributed by atoms with van der Waals surface area (Å²) < 4.78 is 27.5. The van der Waals surface area contributed by atoms with Crippen LogP contribution in [0.2, 0.25) is 0 Å². The molecule has 0 amide bonds. The zero-order valence-corrected chi connectivity index (χ0v) is 12.5. The minimum Gasteiger partial charge on any atom is -0.314 e. The van der Waals surface area contributed by atoms with Crippen molar-refractivity contribution in [1.82, 2.24) is 20.2 Å². The van der Waals surface area contributed by atoms with Crippen molar-refractivity contribution in [1.29, 1.82) is 0 Å². The highest BCUT2D eigenvalue weighted by molar-refractivity contribution is 7.89. The summed E-state index contributed by atoms with van der Waals surface area (Å²) in [5.74, 6) is 0. The second-order valence-corrected chi connectivity index (χ2v) is 7.04. The molecule has 1 saturated carbocycles. The Bertz CT molecular complexity index is 546. The van der Waals surface area contributed by atoms with Gasteiger partial charge in [-0.3, -0.25) is 5.10 Å². The van der Waals surface area contributed by atoms with Crippen LogP contribution < -0.4 is 10.0 Å². The van der Waals surface area contributed by atoms with Crippen LogP contribution >= 0.6 is 0 Å². The molecular formula is C12H22N4O2S. The van der Waals surface area contributed by atoms with Gasteiger partial charge in [-0.25, -0.2) is 13.1 Å². The third-order valence-corrected chi connectivity index (χ3v) is 5.52. The molecule has 0 radical (unpaired) electrons. The smallest absolute Gasteiger partial charge is 0.244 e. The number of nitrogens with zero attached hydrogens (tertiary/aromatic N) is 1. The van der Waals surface area contributed by atoms with Crippen molar-refractivity contribution in [2.45, 2.75) is 44.6 Å².